The Morgan fingerprint density at radius 3 is 2.86 bits per heavy atom. The molecule has 1 aliphatic rings. The lowest BCUT2D eigenvalue weighted by Crippen LogP contribution is -2.17. The molecule has 1 saturated heterocycles. The summed E-state index contributed by atoms with van der Waals surface area (Å²) in [6.45, 7) is 1.88. The maximum absolute atomic E-state index is 10.1. The molecule has 2 unspecified atom stereocenters. The Bertz CT molecular complexity index is 308. The lowest BCUT2D eigenvalue weighted by Gasteiger charge is -2.18. The molecule has 2 atom stereocenters. The van der Waals surface area contributed by atoms with Crippen LogP contribution in [0.4, 0.5) is 5.69 Å². The standard InChI is InChI=1S/C11H16N2O/c12-10-4-2-1-3-9(10)11(14)8-5-6-13-7-8/h1-4,8,11,13-14H,5-7,12H2. The maximum Gasteiger partial charge on any atom is 0.0850 e. The number of nitrogens with one attached hydrogen (secondary N) is 1. The minimum atomic E-state index is -0.425. The van der Waals surface area contributed by atoms with Crippen molar-refractivity contribution in [3.63, 3.8) is 0 Å². The molecule has 4 N–H and O–H groups in total. The van der Waals surface area contributed by atoms with Crippen molar-refractivity contribution in [2.75, 3.05) is 18.8 Å². The molecule has 0 saturated carbocycles. The van der Waals surface area contributed by atoms with Crippen molar-refractivity contribution in [1.29, 1.82) is 0 Å². The van der Waals surface area contributed by atoms with Gasteiger partial charge in [-0.25, -0.2) is 0 Å². The molecule has 1 aromatic carbocycles. The monoisotopic (exact) mass is 192 g/mol. The van der Waals surface area contributed by atoms with Gasteiger partial charge in [0.05, 0.1) is 6.10 Å². The first-order chi connectivity index (χ1) is 6.79. The SMILES string of the molecule is Nc1ccccc1C(O)C1CCNC1. The van der Waals surface area contributed by atoms with Gasteiger partial charge in [0.25, 0.3) is 0 Å². The van der Waals surface area contributed by atoms with Crippen molar-refractivity contribution < 1.29 is 5.11 Å². The number of para-hydroxylation sites is 1. The quantitative estimate of drug-likeness (QED) is 0.610. The highest BCUT2D eigenvalue weighted by atomic mass is 16.3. The number of rotatable bonds is 2. The highest BCUT2D eigenvalue weighted by molar-refractivity contribution is 5.47. The molecule has 1 heterocycles. The topological polar surface area (TPSA) is 58.3 Å². The summed E-state index contributed by atoms with van der Waals surface area (Å²) in [4.78, 5) is 0. The first-order valence-corrected chi connectivity index (χ1v) is 5.02. The van der Waals surface area contributed by atoms with Crippen molar-refractivity contribution in [2.45, 2.75) is 12.5 Å². The molecular weight excluding hydrogens is 176 g/mol. The second-order valence-corrected chi connectivity index (χ2v) is 3.83. The zero-order chi connectivity index (χ0) is 9.97. The van der Waals surface area contributed by atoms with Gasteiger partial charge in [0.15, 0.2) is 0 Å². The van der Waals surface area contributed by atoms with Crippen LogP contribution in [0.1, 0.15) is 18.1 Å². The minimum absolute atomic E-state index is 0.305. The molecule has 0 aromatic heterocycles. The molecule has 76 valence electrons. The number of aliphatic hydroxyl groups excluding tert-OH is 1. The van der Waals surface area contributed by atoms with E-state index in [1.54, 1.807) is 0 Å². The summed E-state index contributed by atoms with van der Waals surface area (Å²) in [6, 6.07) is 7.54. The Kier molecular flexibility index (Phi) is 2.70. The number of hydrogen-bond acceptors (Lipinski definition) is 3. The lowest BCUT2D eigenvalue weighted by atomic mass is 9.94. The van der Waals surface area contributed by atoms with Crippen LogP contribution in [0.2, 0.25) is 0 Å². The van der Waals surface area contributed by atoms with Gasteiger partial charge in [-0.15, -0.1) is 0 Å². The van der Waals surface area contributed by atoms with Crippen molar-refractivity contribution >= 4 is 5.69 Å². The highest BCUT2D eigenvalue weighted by Crippen LogP contribution is 2.29. The first kappa shape index (κ1) is 9.49. The van der Waals surface area contributed by atoms with E-state index in [0.717, 1.165) is 25.1 Å². The molecule has 0 spiro atoms. The lowest BCUT2D eigenvalue weighted by molar-refractivity contribution is 0.119. The zero-order valence-electron chi connectivity index (χ0n) is 8.11. The van der Waals surface area contributed by atoms with E-state index in [4.69, 9.17) is 5.73 Å². The fourth-order valence-corrected chi connectivity index (χ4v) is 1.98. The fraction of sp³-hybridized carbons (Fsp3) is 0.455. The molecule has 0 radical (unpaired) electrons. The minimum Gasteiger partial charge on any atom is -0.398 e. The van der Waals surface area contributed by atoms with Crippen molar-refractivity contribution in [1.82, 2.24) is 5.32 Å². The van der Waals surface area contributed by atoms with E-state index in [2.05, 4.69) is 5.32 Å². The van der Waals surface area contributed by atoms with E-state index >= 15 is 0 Å². The van der Waals surface area contributed by atoms with Gasteiger partial charge >= 0.3 is 0 Å². The third-order valence-corrected chi connectivity index (χ3v) is 2.86. The van der Waals surface area contributed by atoms with Crippen LogP contribution in [0.25, 0.3) is 0 Å². The van der Waals surface area contributed by atoms with Crippen LogP contribution in [0.15, 0.2) is 24.3 Å². The van der Waals surface area contributed by atoms with Gasteiger partial charge in [-0.2, -0.15) is 0 Å². The molecule has 0 amide bonds. The molecule has 0 aliphatic carbocycles. The van der Waals surface area contributed by atoms with E-state index in [9.17, 15) is 5.11 Å². The molecule has 1 aliphatic heterocycles. The molecule has 1 aromatic rings. The number of hydrogen-bond donors (Lipinski definition) is 3. The fourth-order valence-electron chi connectivity index (χ4n) is 1.98. The Labute approximate surface area is 83.9 Å². The molecule has 1 fully saturated rings. The summed E-state index contributed by atoms with van der Waals surface area (Å²) in [7, 11) is 0. The molecule has 3 heteroatoms. The largest absolute Gasteiger partial charge is 0.398 e. The van der Waals surface area contributed by atoms with Gasteiger partial charge in [0, 0.05) is 23.7 Å². The van der Waals surface area contributed by atoms with Crippen LogP contribution in [0.5, 0.6) is 0 Å². The number of nitrogens with two attached hydrogens (primary N) is 1. The van der Waals surface area contributed by atoms with Crippen molar-refractivity contribution in [2.24, 2.45) is 5.92 Å². The summed E-state index contributed by atoms with van der Waals surface area (Å²) >= 11 is 0. The molecular formula is C11H16N2O. The number of aliphatic hydroxyl groups is 1. The summed E-state index contributed by atoms with van der Waals surface area (Å²) in [5.74, 6) is 0.305. The highest BCUT2D eigenvalue weighted by Gasteiger charge is 2.25. The second-order valence-electron chi connectivity index (χ2n) is 3.83. The van der Waals surface area contributed by atoms with Crippen LogP contribution < -0.4 is 11.1 Å². The third kappa shape index (κ3) is 1.74. The Morgan fingerprint density at radius 1 is 1.43 bits per heavy atom. The number of nitrogen functional groups attached to an aromatic ring is 1. The summed E-state index contributed by atoms with van der Waals surface area (Å²) in [5, 5.41) is 13.3. The first-order valence-electron chi connectivity index (χ1n) is 5.02. The van der Waals surface area contributed by atoms with E-state index in [0.29, 0.717) is 11.6 Å². The second kappa shape index (κ2) is 3.98. The van der Waals surface area contributed by atoms with Gasteiger partial charge in [0.2, 0.25) is 0 Å². The van der Waals surface area contributed by atoms with Crippen LogP contribution >= 0.6 is 0 Å². The molecule has 0 bridgehead atoms. The summed E-state index contributed by atoms with van der Waals surface area (Å²) in [6.07, 6.45) is 0.598. The normalized spacial score (nSPS) is 23.6. The summed E-state index contributed by atoms with van der Waals surface area (Å²) in [5.41, 5.74) is 7.36. The zero-order valence-corrected chi connectivity index (χ0v) is 8.11. The van der Waals surface area contributed by atoms with E-state index in [-0.39, 0.29) is 0 Å². The van der Waals surface area contributed by atoms with Gasteiger partial charge in [0.1, 0.15) is 0 Å². The van der Waals surface area contributed by atoms with Gasteiger partial charge in [-0.1, -0.05) is 18.2 Å². The molecule has 2 rings (SSSR count). The predicted molar refractivity (Wildman–Crippen MR) is 56.8 cm³/mol. The predicted octanol–water partition coefficient (Wildman–Crippen LogP) is 0.912. The van der Waals surface area contributed by atoms with Crippen molar-refractivity contribution in [3.8, 4) is 0 Å². The van der Waals surface area contributed by atoms with Crippen LogP contribution in [0.3, 0.4) is 0 Å². The summed E-state index contributed by atoms with van der Waals surface area (Å²) < 4.78 is 0. The average molecular weight is 192 g/mol. The smallest absolute Gasteiger partial charge is 0.0850 e. The van der Waals surface area contributed by atoms with E-state index in [1.807, 2.05) is 24.3 Å². The van der Waals surface area contributed by atoms with Gasteiger partial charge in [-0.3, -0.25) is 0 Å². The Hall–Kier alpha value is -1.06. The average Bonchev–Trinajstić information content (AvgIpc) is 2.70. The van der Waals surface area contributed by atoms with Crippen LogP contribution in [-0.4, -0.2) is 18.2 Å². The van der Waals surface area contributed by atoms with Crippen LogP contribution in [0, 0.1) is 5.92 Å². The Balaban J connectivity index is 2.17. The van der Waals surface area contributed by atoms with Crippen LogP contribution in [-0.2, 0) is 0 Å². The maximum atomic E-state index is 10.1. The van der Waals surface area contributed by atoms with Crippen molar-refractivity contribution in [3.05, 3.63) is 29.8 Å². The Morgan fingerprint density at radius 2 is 2.21 bits per heavy atom. The molecule has 3 nitrogen and oxygen atoms in total. The van der Waals surface area contributed by atoms with E-state index in [1.165, 1.54) is 0 Å². The number of anilines is 1. The van der Waals surface area contributed by atoms with E-state index < -0.39 is 6.10 Å². The van der Waals surface area contributed by atoms with Gasteiger partial charge in [-0.05, 0) is 19.0 Å². The molecule has 14 heavy (non-hydrogen) atoms. The number of benzene rings is 1. The third-order valence-electron chi connectivity index (χ3n) is 2.86. The van der Waals surface area contributed by atoms with Gasteiger partial charge < -0.3 is 16.2 Å².